The molecule has 0 amide bonds. The van der Waals surface area contributed by atoms with E-state index in [0.29, 0.717) is 5.92 Å². The quantitative estimate of drug-likeness (QED) is 0.730. The van der Waals surface area contributed by atoms with Gasteiger partial charge in [-0.15, -0.1) is 0 Å². The van der Waals surface area contributed by atoms with Gasteiger partial charge >= 0.3 is 0 Å². The van der Waals surface area contributed by atoms with Gasteiger partial charge in [-0.3, -0.25) is 0 Å². The van der Waals surface area contributed by atoms with E-state index in [4.69, 9.17) is 0 Å². The van der Waals surface area contributed by atoms with Crippen LogP contribution >= 0.6 is 0 Å². The average Bonchev–Trinajstić information content (AvgIpc) is 2.15. The lowest BCUT2D eigenvalue weighted by Crippen LogP contribution is -2.21. The molecular formula is C14H22FN. The SMILES string of the molecule is Cc1cc(F)cc(CCCNCC(C)C)c1. The van der Waals surface area contributed by atoms with Crippen molar-refractivity contribution in [2.24, 2.45) is 5.92 Å². The molecule has 16 heavy (non-hydrogen) atoms. The van der Waals surface area contributed by atoms with Crippen LogP contribution in [0.1, 0.15) is 31.4 Å². The van der Waals surface area contributed by atoms with Crippen molar-refractivity contribution in [3.63, 3.8) is 0 Å². The van der Waals surface area contributed by atoms with Crippen LogP contribution in [0.15, 0.2) is 18.2 Å². The molecule has 0 heterocycles. The fourth-order valence-electron chi connectivity index (χ4n) is 1.76. The first-order valence-electron chi connectivity index (χ1n) is 6.04. The van der Waals surface area contributed by atoms with Crippen LogP contribution in [0.4, 0.5) is 4.39 Å². The van der Waals surface area contributed by atoms with Gasteiger partial charge in [0.15, 0.2) is 0 Å². The van der Waals surface area contributed by atoms with E-state index in [1.807, 2.05) is 6.92 Å². The highest BCUT2D eigenvalue weighted by Crippen LogP contribution is 2.09. The molecule has 0 aliphatic heterocycles. The fourth-order valence-corrected chi connectivity index (χ4v) is 1.76. The van der Waals surface area contributed by atoms with Gasteiger partial charge in [-0.05, 0) is 62.0 Å². The van der Waals surface area contributed by atoms with Crippen LogP contribution in [-0.2, 0) is 6.42 Å². The van der Waals surface area contributed by atoms with Crippen molar-refractivity contribution in [2.45, 2.75) is 33.6 Å². The Bertz CT molecular complexity index is 300. The summed E-state index contributed by atoms with van der Waals surface area (Å²) < 4.78 is 13.1. The average molecular weight is 223 g/mol. The van der Waals surface area contributed by atoms with Crippen molar-refractivity contribution >= 4 is 0 Å². The third kappa shape index (κ3) is 5.26. The second kappa shape index (κ2) is 6.64. The van der Waals surface area contributed by atoms with Gasteiger partial charge in [-0.2, -0.15) is 0 Å². The molecule has 2 heteroatoms. The first-order valence-corrected chi connectivity index (χ1v) is 6.04. The van der Waals surface area contributed by atoms with E-state index in [2.05, 4.69) is 25.2 Å². The zero-order valence-electron chi connectivity index (χ0n) is 10.5. The Labute approximate surface area is 98.1 Å². The fraction of sp³-hybridized carbons (Fsp3) is 0.571. The van der Waals surface area contributed by atoms with Gasteiger partial charge in [0.2, 0.25) is 0 Å². The van der Waals surface area contributed by atoms with Crippen molar-refractivity contribution in [3.05, 3.63) is 35.1 Å². The molecule has 90 valence electrons. The maximum Gasteiger partial charge on any atom is 0.123 e. The zero-order valence-corrected chi connectivity index (χ0v) is 10.5. The summed E-state index contributed by atoms with van der Waals surface area (Å²) in [4.78, 5) is 0. The molecule has 0 spiro atoms. The number of rotatable bonds is 6. The van der Waals surface area contributed by atoms with Crippen molar-refractivity contribution in [1.82, 2.24) is 5.32 Å². The molecular weight excluding hydrogens is 201 g/mol. The van der Waals surface area contributed by atoms with Gasteiger partial charge in [0, 0.05) is 0 Å². The second-order valence-electron chi connectivity index (χ2n) is 4.84. The standard InChI is InChI=1S/C14H22FN/c1-11(2)10-16-6-4-5-13-7-12(3)8-14(15)9-13/h7-9,11,16H,4-6,10H2,1-3H3. The minimum Gasteiger partial charge on any atom is -0.316 e. The predicted molar refractivity (Wildman–Crippen MR) is 67.2 cm³/mol. The first kappa shape index (κ1) is 13.2. The summed E-state index contributed by atoms with van der Waals surface area (Å²) in [7, 11) is 0. The minimum absolute atomic E-state index is 0.120. The molecule has 0 aliphatic carbocycles. The molecule has 0 atom stereocenters. The number of hydrogen-bond donors (Lipinski definition) is 1. The van der Waals surface area contributed by atoms with Crippen molar-refractivity contribution in [1.29, 1.82) is 0 Å². The van der Waals surface area contributed by atoms with Crippen LogP contribution in [0, 0.1) is 18.7 Å². The lowest BCUT2D eigenvalue weighted by atomic mass is 10.1. The molecule has 1 rings (SSSR count). The molecule has 0 unspecified atom stereocenters. The molecule has 1 aromatic carbocycles. The Morgan fingerprint density at radius 2 is 2.00 bits per heavy atom. The minimum atomic E-state index is -0.120. The van der Waals surface area contributed by atoms with Crippen LogP contribution in [-0.4, -0.2) is 13.1 Å². The van der Waals surface area contributed by atoms with Gasteiger partial charge in [0.05, 0.1) is 0 Å². The van der Waals surface area contributed by atoms with E-state index in [0.717, 1.165) is 37.1 Å². The first-order chi connectivity index (χ1) is 7.58. The van der Waals surface area contributed by atoms with E-state index in [1.165, 1.54) is 0 Å². The highest BCUT2D eigenvalue weighted by molar-refractivity contribution is 5.23. The van der Waals surface area contributed by atoms with Crippen LogP contribution < -0.4 is 5.32 Å². The molecule has 1 aromatic rings. The highest BCUT2D eigenvalue weighted by atomic mass is 19.1. The Morgan fingerprint density at radius 3 is 2.62 bits per heavy atom. The zero-order chi connectivity index (χ0) is 12.0. The molecule has 1 nitrogen and oxygen atoms in total. The summed E-state index contributed by atoms with van der Waals surface area (Å²) >= 11 is 0. The summed E-state index contributed by atoms with van der Waals surface area (Å²) in [5.41, 5.74) is 2.11. The van der Waals surface area contributed by atoms with Crippen molar-refractivity contribution in [3.8, 4) is 0 Å². The van der Waals surface area contributed by atoms with Crippen LogP contribution in [0.2, 0.25) is 0 Å². The van der Waals surface area contributed by atoms with E-state index in [-0.39, 0.29) is 5.82 Å². The van der Waals surface area contributed by atoms with E-state index in [9.17, 15) is 4.39 Å². The summed E-state index contributed by atoms with van der Waals surface area (Å²) in [5.74, 6) is 0.571. The number of halogens is 1. The smallest absolute Gasteiger partial charge is 0.123 e. The summed E-state index contributed by atoms with van der Waals surface area (Å²) in [6.07, 6.45) is 2.01. The van der Waals surface area contributed by atoms with Gasteiger partial charge in [-0.25, -0.2) is 4.39 Å². The van der Waals surface area contributed by atoms with Crippen LogP contribution in [0.25, 0.3) is 0 Å². The number of benzene rings is 1. The Hall–Kier alpha value is -0.890. The van der Waals surface area contributed by atoms with E-state index >= 15 is 0 Å². The van der Waals surface area contributed by atoms with Crippen LogP contribution in [0.5, 0.6) is 0 Å². The maximum absolute atomic E-state index is 13.1. The monoisotopic (exact) mass is 223 g/mol. The van der Waals surface area contributed by atoms with Gasteiger partial charge in [0.25, 0.3) is 0 Å². The third-order valence-electron chi connectivity index (χ3n) is 2.47. The predicted octanol–water partition coefficient (Wildman–Crippen LogP) is 3.31. The van der Waals surface area contributed by atoms with Gasteiger partial charge in [-0.1, -0.05) is 19.9 Å². The molecule has 0 fully saturated rings. The van der Waals surface area contributed by atoms with Crippen LogP contribution in [0.3, 0.4) is 0 Å². The Balaban J connectivity index is 2.26. The van der Waals surface area contributed by atoms with E-state index in [1.54, 1.807) is 12.1 Å². The Morgan fingerprint density at radius 1 is 1.25 bits per heavy atom. The molecule has 0 saturated carbocycles. The lowest BCUT2D eigenvalue weighted by molar-refractivity contribution is 0.542. The summed E-state index contributed by atoms with van der Waals surface area (Å²) in [6, 6.07) is 5.27. The van der Waals surface area contributed by atoms with E-state index < -0.39 is 0 Å². The highest BCUT2D eigenvalue weighted by Gasteiger charge is 1.98. The molecule has 0 saturated heterocycles. The number of nitrogens with one attached hydrogen (secondary N) is 1. The second-order valence-corrected chi connectivity index (χ2v) is 4.84. The molecule has 0 aliphatic rings. The third-order valence-corrected chi connectivity index (χ3v) is 2.47. The molecule has 0 radical (unpaired) electrons. The molecule has 0 aromatic heterocycles. The topological polar surface area (TPSA) is 12.0 Å². The Kier molecular flexibility index (Phi) is 5.47. The summed E-state index contributed by atoms with van der Waals surface area (Å²) in [5, 5.41) is 3.39. The maximum atomic E-state index is 13.1. The molecule has 1 N–H and O–H groups in total. The largest absolute Gasteiger partial charge is 0.316 e. The summed E-state index contributed by atoms with van der Waals surface area (Å²) in [6.45, 7) is 8.39. The number of aryl methyl sites for hydroxylation is 2. The lowest BCUT2D eigenvalue weighted by Gasteiger charge is -2.07. The van der Waals surface area contributed by atoms with Crippen molar-refractivity contribution < 1.29 is 4.39 Å². The molecule has 0 bridgehead atoms. The normalized spacial score (nSPS) is 11.1. The van der Waals surface area contributed by atoms with Gasteiger partial charge < -0.3 is 5.32 Å². The van der Waals surface area contributed by atoms with Gasteiger partial charge in [0.1, 0.15) is 5.82 Å². The number of hydrogen-bond acceptors (Lipinski definition) is 1. The van der Waals surface area contributed by atoms with Crippen molar-refractivity contribution in [2.75, 3.05) is 13.1 Å².